The number of nitrogens with one attached hydrogen (secondary N) is 2. The fourth-order valence-corrected chi connectivity index (χ4v) is 10.7. The van der Waals surface area contributed by atoms with Crippen molar-refractivity contribution in [1.29, 1.82) is 0 Å². The first-order chi connectivity index (χ1) is 25.2. The molecule has 55 heavy (non-hydrogen) atoms. The molecule has 2 fully saturated rings. The predicted octanol–water partition coefficient (Wildman–Crippen LogP) is 8.13. The Labute approximate surface area is 334 Å². The topological polar surface area (TPSA) is 133 Å². The zero-order valence-corrected chi connectivity index (χ0v) is 37.5. The molecule has 4 atom stereocenters. The van der Waals surface area contributed by atoms with E-state index in [0.29, 0.717) is 30.8 Å². The van der Waals surface area contributed by atoms with Gasteiger partial charge in [0, 0.05) is 18.7 Å². The minimum atomic E-state index is -3.30. The number of aliphatic hydroxyl groups is 2. The highest BCUT2D eigenvalue weighted by atomic mass is 32.2. The monoisotopic (exact) mass is 800 g/mol. The summed E-state index contributed by atoms with van der Waals surface area (Å²) in [5.74, 6) is 0.459. The van der Waals surface area contributed by atoms with E-state index < -0.39 is 20.0 Å². The lowest BCUT2D eigenvalue weighted by molar-refractivity contribution is 0.265. The third-order valence-electron chi connectivity index (χ3n) is 13.3. The summed E-state index contributed by atoms with van der Waals surface area (Å²) in [6.45, 7) is 23.7. The molecular formula is C45H72N2O6S2. The van der Waals surface area contributed by atoms with E-state index in [0.717, 1.165) is 37.3 Å². The third-order valence-corrected chi connectivity index (χ3v) is 14.8. The smallest absolute Gasteiger partial charge is 0.209 e. The largest absolute Gasteiger partial charge is 0.396 e. The van der Waals surface area contributed by atoms with Gasteiger partial charge in [-0.1, -0.05) is 118 Å². The van der Waals surface area contributed by atoms with Gasteiger partial charge in [0.25, 0.3) is 0 Å². The van der Waals surface area contributed by atoms with Gasteiger partial charge in [0.2, 0.25) is 20.0 Å². The van der Waals surface area contributed by atoms with Crippen molar-refractivity contribution in [2.75, 3.05) is 25.7 Å². The first-order valence-electron chi connectivity index (χ1n) is 20.3. The van der Waals surface area contributed by atoms with E-state index in [1.54, 1.807) is 0 Å². The number of benzene rings is 2. The average Bonchev–Trinajstić information content (AvgIpc) is 3.77. The van der Waals surface area contributed by atoms with Gasteiger partial charge in [0.1, 0.15) is 0 Å². The molecular weight excluding hydrogens is 729 g/mol. The Balaban J connectivity index is 0.000000185. The number of hydrogen-bond donors (Lipinski definition) is 4. The standard InChI is InChI=1S/C19H28O.C18H26O.C8H18N2O4S2/c1-17(2)8-9-18(3,4)16-10-13(6-7-15(16)17)19(5)11-14(19)12-20;1-13(8-11-19)14-6-7-15-16(12-14)18(4,5)10-9-17(15,2)3;1-15(11,12)9-7-5-3-4-6-8(7)10-16(2,13)14/h6-7,10,14,20H,8-9,11-12H2,1-5H3;6-8,12,19H,9-11H2,1-5H3;7-10H,3-6H2,1-2H3/b;13-8-;/t14-,19+;;/m0../s1. The maximum Gasteiger partial charge on any atom is 0.209 e. The second kappa shape index (κ2) is 16.6. The van der Waals surface area contributed by atoms with E-state index >= 15 is 0 Å². The van der Waals surface area contributed by atoms with Crippen LogP contribution in [-0.4, -0.2) is 64.9 Å². The summed E-state index contributed by atoms with van der Waals surface area (Å²) in [6, 6.07) is 13.3. The van der Waals surface area contributed by atoms with Crippen molar-refractivity contribution >= 4 is 25.6 Å². The lowest BCUT2D eigenvalue weighted by Gasteiger charge is -2.42. The van der Waals surface area contributed by atoms with E-state index in [9.17, 15) is 21.9 Å². The van der Waals surface area contributed by atoms with Gasteiger partial charge in [-0.3, -0.25) is 0 Å². The van der Waals surface area contributed by atoms with Crippen LogP contribution >= 0.6 is 0 Å². The van der Waals surface area contributed by atoms with Gasteiger partial charge in [-0.2, -0.15) is 0 Å². The molecule has 310 valence electrons. The molecule has 0 amide bonds. The van der Waals surface area contributed by atoms with E-state index in [1.165, 1.54) is 59.1 Å². The zero-order valence-electron chi connectivity index (χ0n) is 35.9. The number of allylic oxidation sites excluding steroid dienone is 1. The van der Waals surface area contributed by atoms with Gasteiger partial charge in [-0.05, 0) is 124 Å². The van der Waals surface area contributed by atoms with Crippen molar-refractivity contribution in [1.82, 2.24) is 9.44 Å². The fraction of sp³-hybridized carbons (Fsp3) is 0.689. The number of aliphatic hydroxyl groups excluding tert-OH is 2. The average molecular weight is 801 g/mol. The highest BCUT2D eigenvalue weighted by Gasteiger charge is 2.51. The second-order valence-electron chi connectivity index (χ2n) is 19.9. The first-order valence-corrected chi connectivity index (χ1v) is 24.1. The van der Waals surface area contributed by atoms with Gasteiger partial charge in [-0.15, -0.1) is 0 Å². The molecule has 0 aliphatic heterocycles. The minimum absolute atomic E-state index is 0.109. The molecule has 4 N–H and O–H groups in total. The Kier molecular flexibility index (Phi) is 13.8. The summed E-state index contributed by atoms with van der Waals surface area (Å²) < 4.78 is 49.4. The van der Waals surface area contributed by atoms with Crippen LogP contribution in [0.3, 0.4) is 0 Å². The van der Waals surface area contributed by atoms with Crippen molar-refractivity contribution in [2.45, 2.75) is 166 Å². The van der Waals surface area contributed by atoms with Crippen LogP contribution in [0, 0.1) is 5.92 Å². The zero-order chi connectivity index (χ0) is 41.4. The summed E-state index contributed by atoms with van der Waals surface area (Å²) in [5, 5.41) is 18.5. The van der Waals surface area contributed by atoms with Crippen molar-refractivity contribution in [2.24, 2.45) is 5.92 Å². The molecule has 2 aromatic rings. The van der Waals surface area contributed by atoms with Crippen molar-refractivity contribution in [3.8, 4) is 0 Å². The molecule has 4 aliphatic rings. The first kappa shape index (κ1) is 45.6. The van der Waals surface area contributed by atoms with Gasteiger partial charge < -0.3 is 10.2 Å². The molecule has 0 saturated heterocycles. The lowest BCUT2D eigenvalue weighted by Crippen LogP contribution is -2.52. The summed E-state index contributed by atoms with van der Waals surface area (Å²) in [4.78, 5) is 0. The van der Waals surface area contributed by atoms with E-state index in [4.69, 9.17) is 5.11 Å². The molecule has 0 radical (unpaired) electrons. The number of rotatable bonds is 8. The molecule has 0 aromatic heterocycles. The molecule has 2 unspecified atom stereocenters. The van der Waals surface area contributed by atoms with Gasteiger partial charge >= 0.3 is 0 Å². The van der Waals surface area contributed by atoms with Crippen LogP contribution < -0.4 is 9.44 Å². The van der Waals surface area contributed by atoms with Crippen LogP contribution in [0.1, 0.15) is 160 Å². The van der Waals surface area contributed by atoms with Gasteiger partial charge in [0.05, 0.1) is 19.1 Å². The SMILES string of the molecule is C/C(=C/CO)c1ccc2c(c1)C(C)(C)CCC2(C)C.CC1(C)CCC(C)(C)c2cc([C@@]3(C)C[C@H]3CO)ccc21.CS(=O)(=O)NC1CCCCC1NS(C)(=O)=O. The minimum Gasteiger partial charge on any atom is -0.396 e. The highest BCUT2D eigenvalue weighted by Crippen LogP contribution is 2.55. The summed E-state index contributed by atoms with van der Waals surface area (Å²) in [6.07, 6.45) is 13.3. The molecule has 8 nitrogen and oxygen atoms in total. The Morgan fingerprint density at radius 3 is 1.49 bits per heavy atom. The van der Waals surface area contributed by atoms with Gasteiger partial charge in [-0.25, -0.2) is 26.3 Å². The van der Waals surface area contributed by atoms with Crippen LogP contribution in [0.25, 0.3) is 5.57 Å². The second-order valence-corrected chi connectivity index (χ2v) is 23.5. The highest BCUT2D eigenvalue weighted by molar-refractivity contribution is 7.89. The van der Waals surface area contributed by atoms with Crippen LogP contribution in [0.5, 0.6) is 0 Å². The van der Waals surface area contributed by atoms with E-state index in [-0.39, 0.29) is 40.4 Å². The van der Waals surface area contributed by atoms with Crippen molar-refractivity contribution < 1.29 is 27.0 Å². The predicted molar refractivity (Wildman–Crippen MR) is 229 cm³/mol. The molecule has 0 bridgehead atoms. The molecule has 10 heteroatoms. The molecule has 0 heterocycles. The van der Waals surface area contributed by atoms with Crippen LogP contribution in [0.4, 0.5) is 0 Å². The Bertz CT molecular complexity index is 1890. The summed E-state index contributed by atoms with van der Waals surface area (Å²) >= 11 is 0. The number of fused-ring (bicyclic) bond motifs is 2. The molecule has 4 aliphatic carbocycles. The van der Waals surface area contributed by atoms with Crippen LogP contribution in [0.2, 0.25) is 0 Å². The quantitative estimate of drug-likeness (QED) is 0.213. The van der Waals surface area contributed by atoms with Crippen molar-refractivity contribution in [3.63, 3.8) is 0 Å². The van der Waals surface area contributed by atoms with Crippen LogP contribution in [-0.2, 0) is 47.1 Å². The maximum absolute atomic E-state index is 11.1. The number of sulfonamides is 2. The third kappa shape index (κ3) is 11.3. The lowest BCUT2D eigenvalue weighted by atomic mass is 9.62. The Morgan fingerprint density at radius 2 is 1.09 bits per heavy atom. The number of hydrogen-bond acceptors (Lipinski definition) is 6. The fourth-order valence-electron chi connectivity index (χ4n) is 9.07. The van der Waals surface area contributed by atoms with E-state index in [1.807, 2.05) is 6.08 Å². The van der Waals surface area contributed by atoms with Crippen molar-refractivity contribution in [3.05, 3.63) is 75.9 Å². The molecule has 0 spiro atoms. The molecule has 2 aromatic carbocycles. The van der Waals surface area contributed by atoms with E-state index in [2.05, 4.69) is 115 Å². The normalized spacial score (nSPS) is 27.6. The Hall–Kier alpha value is -2.08. The Morgan fingerprint density at radius 1 is 0.673 bits per heavy atom. The maximum atomic E-state index is 11.1. The van der Waals surface area contributed by atoms with Crippen LogP contribution in [0.15, 0.2) is 42.5 Å². The van der Waals surface area contributed by atoms with Gasteiger partial charge in [0.15, 0.2) is 0 Å². The summed E-state index contributed by atoms with van der Waals surface area (Å²) in [5.41, 5.74) is 11.2. The molecule has 2 saturated carbocycles. The molecule has 6 rings (SSSR count). The summed E-state index contributed by atoms with van der Waals surface area (Å²) in [7, 11) is -6.59.